The van der Waals surface area contributed by atoms with E-state index >= 15 is 0 Å². The highest BCUT2D eigenvalue weighted by Crippen LogP contribution is 2.47. The molecule has 0 bridgehead atoms. The summed E-state index contributed by atoms with van der Waals surface area (Å²) < 4.78 is 5.32. The molecular weight excluding hydrogens is 408 g/mol. The van der Waals surface area contributed by atoms with Gasteiger partial charge in [0.1, 0.15) is 17.1 Å². The molecule has 33 heavy (non-hydrogen) atoms. The van der Waals surface area contributed by atoms with E-state index in [-0.39, 0.29) is 11.7 Å². The Morgan fingerprint density at radius 3 is 1.97 bits per heavy atom. The number of aliphatic hydroxyl groups is 1. The third-order valence-corrected chi connectivity index (χ3v) is 6.55. The Labute approximate surface area is 194 Å². The number of hydrogen-bond donors (Lipinski definition) is 2. The van der Waals surface area contributed by atoms with E-state index in [9.17, 15) is 10.2 Å². The SMILES string of the molecule is COc1ccc(C2CC=Cc3c2ccc(O)c3C(O)(c2ccccc2)c2ccccc2)cc1. The van der Waals surface area contributed by atoms with Crippen LogP contribution in [0.25, 0.3) is 6.08 Å². The first-order valence-electron chi connectivity index (χ1n) is 11.1. The minimum atomic E-state index is -1.51. The van der Waals surface area contributed by atoms with Crippen molar-refractivity contribution in [2.24, 2.45) is 0 Å². The van der Waals surface area contributed by atoms with Crippen LogP contribution in [0.2, 0.25) is 0 Å². The van der Waals surface area contributed by atoms with Gasteiger partial charge in [0.15, 0.2) is 0 Å². The molecule has 4 aromatic carbocycles. The number of aromatic hydroxyl groups is 1. The summed E-state index contributed by atoms with van der Waals surface area (Å²) >= 11 is 0. The fourth-order valence-corrected chi connectivity index (χ4v) is 4.90. The van der Waals surface area contributed by atoms with Crippen LogP contribution in [0, 0.1) is 0 Å². The van der Waals surface area contributed by atoms with Crippen molar-refractivity contribution in [1.29, 1.82) is 0 Å². The zero-order valence-electron chi connectivity index (χ0n) is 18.5. The summed E-state index contributed by atoms with van der Waals surface area (Å²) in [4.78, 5) is 0. The summed E-state index contributed by atoms with van der Waals surface area (Å²) in [5.41, 5.74) is 3.52. The van der Waals surface area contributed by atoms with Crippen LogP contribution in [0.3, 0.4) is 0 Å². The molecule has 0 fully saturated rings. The maximum atomic E-state index is 12.4. The molecule has 0 heterocycles. The zero-order chi connectivity index (χ0) is 22.8. The molecule has 1 unspecified atom stereocenters. The molecule has 1 aliphatic carbocycles. The first-order valence-corrected chi connectivity index (χ1v) is 11.1. The summed E-state index contributed by atoms with van der Waals surface area (Å²) in [6, 6.07) is 30.9. The Hall–Kier alpha value is -3.82. The Balaban J connectivity index is 1.74. The van der Waals surface area contributed by atoms with Gasteiger partial charge in [0.2, 0.25) is 0 Å². The molecule has 0 radical (unpaired) electrons. The molecule has 1 aliphatic rings. The number of benzene rings is 4. The predicted octanol–water partition coefficient (Wildman–Crippen LogP) is 6.23. The van der Waals surface area contributed by atoms with Crippen LogP contribution in [-0.2, 0) is 5.60 Å². The van der Waals surface area contributed by atoms with E-state index in [2.05, 4.69) is 18.2 Å². The highest BCUT2D eigenvalue weighted by molar-refractivity contribution is 5.70. The van der Waals surface area contributed by atoms with Gasteiger partial charge in [0.05, 0.1) is 7.11 Å². The van der Waals surface area contributed by atoms with Gasteiger partial charge in [-0.1, -0.05) is 91.0 Å². The van der Waals surface area contributed by atoms with Crippen molar-refractivity contribution < 1.29 is 14.9 Å². The quantitative estimate of drug-likeness (QED) is 0.366. The molecule has 0 amide bonds. The third kappa shape index (κ3) is 3.61. The van der Waals surface area contributed by atoms with Crippen molar-refractivity contribution in [3.63, 3.8) is 0 Å². The van der Waals surface area contributed by atoms with Crippen LogP contribution in [-0.4, -0.2) is 17.3 Å². The molecule has 0 saturated carbocycles. The first-order chi connectivity index (χ1) is 16.1. The van der Waals surface area contributed by atoms with Gasteiger partial charge in [-0.3, -0.25) is 0 Å². The van der Waals surface area contributed by atoms with Gasteiger partial charge >= 0.3 is 0 Å². The van der Waals surface area contributed by atoms with E-state index < -0.39 is 5.60 Å². The fraction of sp³-hybridized carbons (Fsp3) is 0.133. The maximum absolute atomic E-state index is 12.4. The van der Waals surface area contributed by atoms with Gasteiger partial charge in [-0.2, -0.15) is 0 Å². The van der Waals surface area contributed by atoms with Crippen LogP contribution in [0.4, 0.5) is 0 Å². The van der Waals surface area contributed by atoms with Gasteiger partial charge in [0, 0.05) is 11.5 Å². The van der Waals surface area contributed by atoms with Gasteiger partial charge in [0.25, 0.3) is 0 Å². The summed E-state index contributed by atoms with van der Waals surface area (Å²) in [5.74, 6) is 1.01. The fourth-order valence-electron chi connectivity index (χ4n) is 4.90. The van der Waals surface area contributed by atoms with E-state index in [1.807, 2.05) is 84.9 Å². The van der Waals surface area contributed by atoms with Crippen LogP contribution in [0.1, 0.15) is 45.7 Å². The summed E-state index contributed by atoms with van der Waals surface area (Å²) in [7, 11) is 1.66. The van der Waals surface area contributed by atoms with Crippen molar-refractivity contribution in [1.82, 2.24) is 0 Å². The largest absolute Gasteiger partial charge is 0.508 e. The average Bonchev–Trinajstić information content (AvgIpc) is 2.89. The highest BCUT2D eigenvalue weighted by atomic mass is 16.5. The molecule has 4 aromatic rings. The van der Waals surface area contributed by atoms with Crippen LogP contribution >= 0.6 is 0 Å². The second-order valence-electron chi connectivity index (χ2n) is 8.37. The van der Waals surface area contributed by atoms with Gasteiger partial charge < -0.3 is 14.9 Å². The third-order valence-electron chi connectivity index (χ3n) is 6.55. The lowest BCUT2D eigenvalue weighted by atomic mass is 9.73. The van der Waals surface area contributed by atoms with E-state index in [4.69, 9.17) is 4.74 Å². The lowest BCUT2D eigenvalue weighted by Crippen LogP contribution is -2.30. The zero-order valence-corrected chi connectivity index (χ0v) is 18.5. The smallest absolute Gasteiger partial charge is 0.144 e. The average molecular weight is 435 g/mol. The second-order valence-corrected chi connectivity index (χ2v) is 8.37. The van der Waals surface area contributed by atoms with Crippen LogP contribution in [0.15, 0.2) is 103 Å². The number of hydrogen-bond acceptors (Lipinski definition) is 3. The number of phenolic OH excluding ortho intramolecular Hbond substituents is 1. The number of ether oxygens (including phenoxy) is 1. The van der Waals surface area contributed by atoms with E-state index in [1.165, 1.54) is 5.56 Å². The van der Waals surface area contributed by atoms with Crippen molar-refractivity contribution >= 4 is 6.08 Å². The van der Waals surface area contributed by atoms with E-state index in [0.29, 0.717) is 16.7 Å². The van der Waals surface area contributed by atoms with Crippen molar-refractivity contribution in [3.8, 4) is 11.5 Å². The Morgan fingerprint density at radius 2 is 1.39 bits per heavy atom. The minimum absolute atomic E-state index is 0.0731. The molecule has 2 N–H and O–H groups in total. The summed E-state index contributed by atoms with van der Waals surface area (Å²) in [5, 5.41) is 23.5. The van der Waals surface area contributed by atoms with Crippen molar-refractivity contribution in [3.05, 3.63) is 137 Å². The van der Waals surface area contributed by atoms with Crippen molar-refractivity contribution in [2.75, 3.05) is 7.11 Å². The Kier molecular flexibility index (Phi) is 5.49. The number of allylic oxidation sites excluding steroid dienone is 1. The summed E-state index contributed by atoms with van der Waals surface area (Å²) in [6.45, 7) is 0. The lowest BCUT2D eigenvalue weighted by molar-refractivity contribution is 0.122. The minimum Gasteiger partial charge on any atom is -0.508 e. The lowest BCUT2D eigenvalue weighted by Gasteiger charge is -2.34. The van der Waals surface area contributed by atoms with Gasteiger partial charge in [-0.15, -0.1) is 0 Å². The standard InChI is InChI=1S/C30H26O3/c1-33-24-17-15-21(16-18-24)25-13-8-14-27-26(25)19-20-28(31)29(27)30(32,22-9-4-2-5-10-22)23-11-6-3-7-12-23/h2-12,14-20,25,31-32H,13H2,1H3. The molecule has 3 nitrogen and oxygen atoms in total. The Bertz CT molecular complexity index is 1240. The normalized spacial score (nSPS) is 15.2. The summed E-state index contributed by atoms with van der Waals surface area (Å²) in [6.07, 6.45) is 5.00. The molecule has 0 aliphatic heterocycles. The molecule has 0 saturated heterocycles. The van der Waals surface area contributed by atoms with Crippen LogP contribution < -0.4 is 4.74 Å². The van der Waals surface area contributed by atoms with E-state index in [0.717, 1.165) is 23.3 Å². The molecule has 1 atom stereocenters. The molecule has 0 spiro atoms. The molecule has 164 valence electrons. The second kappa shape index (κ2) is 8.61. The number of fused-ring (bicyclic) bond motifs is 1. The number of phenols is 1. The predicted molar refractivity (Wildman–Crippen MR) is 132 cm³/mol. The number of methoxy groups -OCH3 is 1. The first kappa shape index (κ1) is 21.0. The monoisotopic (exact) mass is 434 g/mol. The molecule has 0 aromatic heterocycles. The van der Waals surface area contributed by atoms with Gasteiger partial charge in [-0.25, -0.2) is 0 Å². The molecule has 5 rings (SSSR count). The molecule has 3 heteroatoms. The maximum Gasteiger partial charge on any atom is 0.144 e. The Morgan fingerprint density at radius 1 is 0.788 bits per heavy atom. The van der Waals surface area contributed by atoms with Gasteiger partial charge in [-0.05, 0) is 52.4 Å². The highest BCUT2D eigenvalue weighted by Gasteiger charge is 2.39. The topological polar surface area (TPSA) is 49.7 Å². The molecular formula is C30H26O3. The number of rotatable bonds is 5. The van der Waals surface area contributed by atoms with Crippen LogP contribution in [0.5, 0.6) is 11.5 Å². The van der Waals surface area contributed by atoms with Crippen molar-refractivity contribution in [2.45, 2.75) is 17.9 Å². The van der Waals surface area contributed by atoms with E-state index in [1.54, 1.807) is 13.2 Å².